The van der Waals surface area contributed by atoms with Crippen LogP contribution in [0.25, 0.3) is 0 Å². The summed E-state index contributed by atoms with van der Waals surface area (Å²) in [6, 6.07) is 0. The Morgan fingerprint density at radius 3 is 2.39 bits per heavy atom. The Bertz CT molecular complexity index is 217. The number of piperidine rings is 1. The van der Waals surface area contributed by atoms with Gasteiger partial charge in [0.1, 0.15) is 0 Å². The third kappa shape index (κ3) is 4.55. The maximum Gasteiger partial charge on any atom is 0.00123 e. The number of fused-ring (bicyclic) bond motifs is 1. The summed E-state index contributed by atoms with van der Waals surface area (Å²) in [5.41, 5.74) is 5.51. The summed E-state index contributed by atoms with van der Waals surface area (Å²) in [4.78, 5) is 2.75. The standard InChI is InChI=1S/C16H32N2/c17-11-6-2-1-3-7-12-18-13-10-15-8-4-5-9-16(15)14-18/h15-16H,1-14,17H2. The lowest BCUT2D eigenvalue weighted by atomic mass is 9.75. The van der Waals surface area contributed by atoms with Gasteiger partial charge in [0.05, 0.1) is 0 Å². The van der Waals surface area contributed by atoms with Crippen LogP contribution in [-0.2, 0) is 0 Å². The normalized spacial score (nSPS) is 29.2. The molecule has 2 aliphatic rings. The van der Waals surface area contributed by atoms with E-state index in [1.54, 1.807) is 0 Å². The van der Waals surface area contributed by atoms with E-state index < -0.39 is 0 Å². The quantitative estimate of drug-likeness (QED) is 0.704. The van der Waals surface area contributed by atoms with Gasteiger partial charge in [-0.3, -0.25) is 0 Å². The van der Waals surface area contributed by atoms with Crippen molar-refractivity contribution in [2.45, 2.75) is 64.2 Å². The molecule has 2 unspecified atom stereocenters. The predicted octanol–water partition coefficient (Wildman–Crippen LogP) is 3.41. The van der Waals surface area contributed by atoms with Crippen LogP contribution in [0.15, 0.2) is 0 Å². The summed E-state index contributed by atoms with van der Waals surface area (Å²) < 4.78 is 0. The molecule has 1 saturated heterocycles. The molecule has 0 amide bonds. The second-order valence-electron chi connectivity index (χ2n) is 6.45. The summed E-state index contributed by atoms with van der Waals surface area (Å²) in [7, 11) is 0. The molecule has 0 aromatic rings. The molecule has 18 heavy (non-hydrogen) atoms. The molecule has 1 aliphatic heterocycles. The van der Waals surface area contributed by atoms with Gasteiger partial charge < -0.3 is 10.6 Å². The number of rotatable bonds is 7. The molecule has 2 nitrogen and oxygen atoms in total. The van der Waals surface area contributed by atoms with Crippen LogP contribution < -0.4 is 5.73 Å². The lowest BCUT2D eigenvalue weighted by molar-refractivity contribution is 0.0856. The topological polar surface area (TPSA) is 29.3 Å². The van der Waals surface area contributed by atoms with Crippen LogP contribution in [-0.4, -0.2) is 31.1 Å². The maximum absolute atomic E-state index is 5.51. The molecule has 106 valence electrons. The average Bonchev–Trinajstić information content (AvgIpc) is 2.42. The zero-order valence-electron chi connectivity index (χ0n) is 12.1. The lowest BCUT2D eigenvalue weighted by Gasteiger charge is -2.41. The van der Waals surface area contributed by atoms with Gasteiger partial charge in [0.2, 0.25) is 0 Å². The molecule has 0 spiro atoms. The van der Waals surface area contributed by atoms with E-state index >= 15 is 0 Å². The van der Waals surface area contributed by atoms with Crippen molar-refractivity contribution in [1.29, 1.82) is 0 Å². The molecule has 1 saturated carbocycles. The third-order valence-corrected chi connectivity index (χ3v) is 5.05. The highest BCUT2D eigenvalue weighted by Crippen LogP contribution is 2.35. The largest absolute Gasteiger partial charge is 0.330 e. The fourth-order valence-electron chi connectivity index (χ4n) is 3.89. The Morgan fingerprint density at radius 1 is 0.833 bits per heavy atom. The molecule has 0 aromatic heterocycles. The van der Waals surface area contributed by atoms with Crippen molar-refractivity contribution in [2.75, 3.05) is 26.2 Å². The SMILES string of the molecule is NCCCCCCCN1CCC2CCCCC2C1. The minimum Gasteiger partial charge on any atom is -0.330 e. The molecule has 0 aromatic carbocycles. The van der Waals surface area contributed by atoms with E-state index in [2.05, 4.69) is 4.90 Å². The van der Waals surface area contributed by atoms with Crippen molar-refractivity contribution in [1.82, 2.24) is 4.90 Å². The fourth-order valence-corrected chi connectivity index (χ4v) is 3.89. The van der Waals surface area contributed by atoms with Gasteiger partial charge in [-0.25, -0.2) is 0 Å². The summed E-state index contributed by atoms with van der Waals surface area (Å²) in [5.74, 6) is 2.13. The first-order valence-corrected chi connectivity index (χ1v) is 8.32. The van der Waals surface area contributed by atoms with Gasteiger partial charge in [0, 0.05) is 6.54 Å². The van der Waals surface area contributed by atoms with Crippen molar-refractivity contribution in [3.05, 3.63) is 0 Å². The Morgan fingerprint density at radius 2 is 1.56 bits per heavy atom. The van der Waals surface area contributed by atoms with Crippen molar-refractivity contribution in [3.63, 3.8) is 0 Å². The van der Waals surface area contributed by atoms with Gasteiger partial charge in [-0.15, -0.1) is 0 Å². The Labute approximate surface area is 113 Å². The molecule has 0 bridgehead atoms. The molecule has 2 rings (SSSR count). The van der Waals surface area contributed by atoms with Crippen LogP contribution >= 0.6 is 0 Å². The average molecular weight is 252 g/mol. The van der Waals surface area contributed by atoms with E-state index in [0.29, 0.717) is 0 Å². The Hall–Kier alpha value is -0.0800. The van der Waals surface area contributed by atoms with E-state index in [4.69, 9.17) is 5.73 Å². The second-order valence-corrected chi connectivity index (χ2v) is 6.45. The monoisotopic (exact) mass is 252 g/mol. The van der Waals surface area contributed by atoms with Crippen molar-refractivity contribution in [2.24, 2.45) is 17.6 Å². The second kappa shape index (κ2) is 8.16. The van der Waals surface area contributed by atoms with E-state index in [1.807, 2.05) is 0 Å². The van der Waals surface area contributed by atoms with Gasteiger partial charge in [0.25, 0.3) is 0 Å². The zero-order chi connectivity index (χ0) is 12.6. The third-order valence-electron chi connectivity index (χ3n) is 5.05. The molecular weight excluding hydrogens is 220 g/mol. The number of nitrogens with two attached hydrogens (primary N) is 1. The Balaban J connectivity index is 1.54. The molecule has 2 N–H and O–H groups in total. The molecule has 1 aliphatic carbocycles. The van der Waals surface area contributed by atoms with Crippen molar-refractivity contribution in [3.8, 4) is 0 Å². The maximum atomic E-state index is 5.51. The fraction of sp³-hybridized carbons (Fsp3) is 1.00. The first-order valence-electron chi connectivity index (χ1n) is 8.32. The number of nitrogens with zero attached hydrogens (tertiary/aromatic N) is 1. The van der Waals surface area contributed by atoms with Gasteiger partial charge in [-0.05, 0) is 57.2 Å². The van der Waals surface area contributed by atoms with Crippen LogP contribution in [0.1, 0.15) is 64.2 Å². The van der Waals surface area contributed by atoms with Crippen LogP contribution in [0.5, 0.6) is 0 Å². The molecule has 0 radical (unpaired) electrons. The zero-order valence-corrected chi connectivity index (χ0v) is 12.1. The molecule has 1 heterocycles. The summed E-state index contributed by atoms with van der Waals surface area (Å²) in [6.07, 6.45) is 14.3. The molecule has 2 heteroatoms. The van der Waals surface area contributed by atoms with Crippen LogP contribution in [0.3, 0.4) is 0 Å². The molecule has 2 fully saturated rings. The van der Waals surface area contributed by atoms with E-state index in [0.717, 1.165) is 18.4 Å². The highest BCUT2D eigenvalue weighted by molar-refractivity contribution is 4.83. The minimum absolute atomic E-state index is 0.870. The van der Waals surface area contributed by atoms with Gasteiger partial charge >= 0.3 is 0 Å². The first-order chi connectivity index (χ1) is 8.90. The number of hydrogen-bond donors (Lipinski definition) is 1. The summed E-state index contributed by atoms with van der Waals surface area (Å²) in [6.45, 7) is 5.01. The van der Waals surface area contributed by atoms with Crippen LogP contribution in [0.4, 0.5) is 0 Å². The minimum atomic E-state index is 0.870. The first kappa shape index (κ1) is 14.3. The highest BCUT2D eigenvalue weighted by atomic mass is 15.1. The number of hydrogen-bond acceptors (Lipinski definition) is 2. The summed E-state index contributed by atoms with van der Waals surface area (Å²) >= 11 is 0. The van der Waals surface area contributed by atoms with Crippen molar-refractivity contribution < 1.29 is 0 Å². The summed E-state index contributed by atoms with van der Waals surface area (Å²) in [5, 5.41) is 0. The molecular formula is C16H32N2. The smallest absolute Gasteiger partial charge is 0.00123 e. The highest BCUT2D eigenvalue weighted by Gasteiger charge is 2.30. The lowest BCUT2D eigenvalue weighted by Crippen LogP contribution is -2.42. The van der Waals surface area contributed by atoms with Gasteiger partial charge in [-0.2, -0.15) is 0 Å². The Kier molecular flexibility index (Phi) is 6.50. The number of likely N-dealkylation sites (tertiary alicyclic amines) is 1. The number of unbranched alkanes of at least 4 members (excludes halogenated alkanes) is 4. The van der Waals surface area contributed by atoms with Crippen molar-refractivity contribution >= 4 is 0 Å². The molecule has 2 atom stereocenters. The van der Waals surface area contributed by atoms with Gasteiger partial charge in [0.15, 0.2) is 0 Å². The van der Waals surface area contributed by atoms with Crippen LogP contribution in [0, 0.1) is 11.8 Å². The van der Waals surface area contributed by atoms with E-state index in [-0.39, 0.29) is 0 Å². The van der Waals surface area contributed by atoms with E-state index in [1.165, 1.54) is 83.8 Å². The van der Waals surface area contributed by atoms with E-state index in [9.17, 15) is 0 Å². The predicted molar refractivity (Wildman–Crippen MR) is 78.6 cm³/mol. The van der Waals surface area contributed by atoms with Crippen LogP contribution in [0.2, 0.25) is 0 Å². The van der Waals surface area contributed by atoms with Gasteiger partial charge in [-0.1, -0.05) is 38.5 Å².